The van der Waals surface area contributed by atoms with Crippen LogP contribution in [0.1, 0.15) is 34.1 Å². The maximum absolute atomic E-state index is 11.1. The molecule has 0 fully saturated rings. The van der Waals surface area contributed by atoms with E-state index in [0.717, 1.165) is 0 Å². The lowest BCUT2D eigenvalue weighted by atomic mass is 10.1. The zero-order valence-electron chi connectivity index (χ0n) is 9.20. The summed E-state index contributed by atoms with van der Waals surface area (Å²) in [6.45, 7) is 7.25. The van der Waals surface area contributed by atoms with Gasteiger partial charge in [0.1, 0.15) is 12.0 Å². The number of hydrogen-bond acceptors (Lipinski definition) is 3. The maximum Gasteiger partial charge on any atom is 0.173 e. The lowest BCUT2D eigenvalue weighted by Gasteiger charge is -2.00. The minimum absolute atomic E-state index is 0.0793. The van der Waals surface area contributed by atoms with Crippen LogP contribution in [0.2, 0.25) is 0 Å². The molecular weight excluding hydrogens is 180 g/mol. The van der Waals surface area contributed by atoms with E-state index in [1.54, 1.807) is 13.8 Å². The third-order valence-corrected chi connectivity index (χ3v) is 1.41. The average Bonchev–Trinajstić information content (AvgIpc) is 2.22. The van der Waals surface area contributed by atoms with Crippen LogP contribution in [0.25, 0.3) is 0 Å². The van der Waals surface area contributed by atoms with Gasteiger partial charge in [-0.25, -0.2) is 0 Å². The van der Waals surface area contributed by atoms with E-state index in [1.165, 1.54) is 12.2 Å². The molecule has 0 heterocycles. The first-order valence-corrected chi connectivity index (χ1v) is 4.66. The van der Waals surface area contributed by atoms with Gasteiger partial charge in [-0.1, -0.05) is 19.9 Å². The van der Waals surface area contributed by atoms with Crippen LogP contribution in [-0.2, 0) is 9.59 Å². The lowest BCUT2D eigenvalue weighted by molar-refractivity contribution is -0.119. The van der Waals surface area contributed by atoms with Gasteiger partial charge in [0.15, 0.2) is 5.78 Å². The number of carbonyl (C=O) groups excluding carboxylic acids is 2. The van der Waals surface area contributed by atoms with E-state index >= 15 is 0 Å². The second-order valence-electron chi connectivity index (χ2n) is 2.17. The topological polar surface area (TPSA) is 54.4 Å². The molecule has 0 aromatic rings. The van der Waals surface area contributed by atoms with Crippen LogP contribution in [0.15, 0.2) is 23.5 Å². The summed E-state index contributed by atoms with van der Waals surface area (Å²) in [6, 6.07) is 0. The minimum atomic E-state index is -0.358. The summed E-state index contributed by atoms with van der Waals surface area (Å²) in [6.07, 6.45) is 3.24. The molecule has 0 radical (unpaired) electrons. The summed E-state index contributed by atoms with van der Waals surface area (Å²) in [7, 11) is 0. The molecule has 0 aliphatic rings. The molecular formula is C11H18O3. The average molecular weight is 198 g/mol. The van der Waals surface area contributed by atoms with Crippen molar-refractivity contribution in [1.82, 2.24) is 0 Å². The summed E-state index contributed by atoms with van der Waals surface area (Å²) in [4.78, 5) is 21.1. The van der Waals surface area contributed by atoms with Crippen molar-refractivity contribution in [2.24, 2.45) is 0 Å². The van der Waals surface area contributed by atoms with Gasteiger partial charge in [0.05, 0.1) is 12.0 Å². The highest BCUT2D eigenvalue weighted by Crippen LogP contribution is 2.08. The first-order chi connectivity index (χ1) is 6.67. The second-order valence-corrected chi connectivity index (χ2v) is 2.17. The molecule has 1 N–H and O–H groups in total. The summed E-state index contributed by atoms with van der Waals surface area (Å²) < 4.78 is 0. The molecule has 0 saturated carbocycles. The van der Waals surface area contributed by atoms with Crippen LogP contribution in [0, 0.1) is 0 Å². The number of Topliss-reactive ketones (excluding diaryl/α,β-unsaturated/α-hetero) is 1. The largest absolute Gasteiger partial charge is 0.508 e. The van der Waals surface area contributed by atoms with Gasteiger partial charge >= 0.3 is 0 Å². The van der Waals surface area contributed by atoms with Crippen molar-refractivity contribution < 1.29 is 14.7 Å². The van der Waals surface area contributed by atoms with E-state index < -0.39 is 0 Å². The summed E-state index contributed by atoms with van der Waals surface area (Å²) in [5.74, 6) is -0.438. The minimum Gasteiger partial charge on any atom is -0.508 e. The Kier molecular flexibility index (Phi) is 10.5. The van der Waals surface area contributed by atoms with Crippen molar-refractivity contribution in [3.63, 3.8) is 0 Å². The predicted octanol–water partition coefficient (Wildman–Crippen LogP) is 2.58. The van der Waals surface area contributed by atoms with E-state index in [-0.39, 0.29) is 23.5 Å². The molecule has 0 spiro atoms. The maximum atomic E-state index is 11.1. The van der Waals surface area contributed by atoms with Crippen LogP contribution in [0.5, 0.6) is 0 Å². The Morgan fingerprint density at radius 1 is 1.21 bits per heavy atom. The predicted molar refractivity (Wildman–Crippen MR) is 57.2 cm³/mol. The van der Waals surface area contributed by atoms with E-state index in [0.29, 0.717) is 6.29 Å². The Balaban J connectivity index is 0. The number of hydrogen-bond donors (Lipinski definition) is 1. The van der Waals surface area contributed by atoms with Gasteiger partial charge in [0.2, 0.25) is 0 Å². The SMILES string of the molecule is C/C=C(O)\C(=C/C)C(=O)CC=O.CC. The Morgan fingerprint density at radius 2 is 1.71 bits per heavy atom. The molecule has 3 heteroatoms. The van der Waals surface area contributed by atoms with Crippen LogP contribution < -0.4 is 0 Å². The molecule has 80 valence electrons. The van der Waals surface area contributed by atoms with Gasteiger partial charge in [-0.3, -0.25) is 4.79 Å². The standard InChI is InChI=1S/C9H12O3.C2H6/c1-3-7(8(11)4-2)9(12)5-6-10;1-2/h3-4,6,11H,5H2,1-2H3;1-2H3/b7-3+,8-4+;. The van der Waals surface area contributed by atoms with Gasteiger partial charge in [-0.15, -0.1) is 0 Å². The summed E-state index contributed by atoms with van der Waals surface area (Å²) >= 11 is 0. The van der Waals surface area contributed by atoms with Gasteiger partial charge in [0.25, 0.3) is 0 Å². The van der Waals surface area contributed by atoms with Gasteiger partial charge in [-0.2, -0.15) is 0 Å². The Bertz CT molecular complexity index is 237. The highest BCUT2D eigenvalue weighted by molar-refractivity contribution is 6.04. The fraction of sp³-hybridized carbons (Fsp3) is 0.455. The second kappa shape index (κ2) is 9.71. The van der Waals surface area contributed by atoms with Crippen molar-refractivity contribution in [2.45, 2.75) is 34.1 Å². The molecule has 0 aromatic carbocycles. The zero-order chi connectivity index (χ0) is 11.6. The molecule has 0 unspecified atom stereocenters. The highest BCUT2D eigenvalue weighted by Gasteiger charge is 2.10. The molecule has 0 bridgehead atoms. The molecule has 0 aliphatic carbocycles. The first kappa shape index (κ1) is 15.1. The molecule has 0 saturated heterocycles. The van der Waals surface area contributed by atoms with Crippen molar-refractivity contribution in [3.8, 4) is 0 Å². The van der Waals surface area contributed by atoms with Gasteiger partial charge in [0, 0.05) is 0 Å². The third-order valence-electron chi connectivity index (χ3n) is 1.41. The molecule has 0 amide bonds. The van der Waals surface area contributed by atoms with Crippen molar-refractivity contribution in [2.75, 3.05) is 0 Å². The first-order valence-electron chi connectivity index (χ1n) is 4.66. The van der Waals surface area contributed by atoms with E-state index in [2.05, 4.69) is 0 Å². The lowest BCUT2D eigenvalue weighted by Crippen LogP contribution is -2.05. The number of allylic oxidation sites excluding steroid dienone is 3. The Labute approximate surface area is 85.1 Å². The fourth-order valence-corrected chi connectivity index (χ4v) is 0.793. The van der Waals surface area contributed by atoms with Crippen molar-refractivity contribution >= 4 is 12.1 Å². The third kappa shape index (κ3) is 5.30. The van der Waals surface area contributed by atoms with Crippen LogP contribution in [0.4, 0.5) is 0 Å². The number of ketones is 1. The number of aliphatic hydroxyl groups excluding tert-OH is 1. The molecule has 3 nitrogen and oxygen atoms in total. The quantitative estimate of drug-likeness (QED) is 0.248. The Morgan fingerprint density at radius 3 is 2.00 bits per heavy atom. The Hall–Kier alpha value is -1.38. The molecule has 14 heavy (non-hydrogen) atoms. The monoisotopic (exact) mass is 198 g/mol. The van der Waals surface area contributed by atoms with Gasteiger partial charge in [-0.05, 0) is 19.9 Å². The number of carbonyl (C=O) groups is 2. The van der Waals surface area contributed by atoms with E-state index in [4.69, 9.17) is 0 Å². The number of rotatable bonds is 4. The normalized spacial score (nSPS) is 11.4. The zero-order valence-corrected chi connectivity index (χ0v) is 9.20. The van der Waals surface area contributed by atoms with Gasteiger partial charge < -0.3 is 9.90 Å². The van der Waals surface area contributed by atoms with Crippen LogP contribution >= 0.6 is 0 Å². The number of aliphatic hydroxyl groups is 1. The fourth-order valence-electron chi connectivity index (χ4n) is 0.793. The summed E-state index contributed by atoms with van der Waals surface area (Å²) in [5, 5.41) is 9.17. The molecule has 0 rings (SSSR count). The van der Waals surface area contributed by atoms with Crippen molar-refractivity contribution in [3.05, 3.63) is 23.5 Å². The van der Waals surface area contributed by atoms with E-state index in [1.807, 2.05) is 13.8 Å². The van der Waals surface area contributed by atoms with Crippen LogP contribution in [-0.4, -0.2) is 17.2 Å². The molecule has 0 aliphatic heterocycles. The number of aldehydes is 1. The highest BCUT2D eigenvalue weighted by atomic mass is 16.3. The smallest absolute Gasteiger partial charge is 0.173 e. The summed E-state index contributed by atoms with van der Waals surface area (Å²) in [5.41, 5.74) is 0.199. The van der Waals surface area contributed by atoms with Crippen LogP contribution in [0.3, 0.4) is 0 Å². The van der Waals surface area contributed by atoms with E-state index in [9.17, 15) is 14.7 Å². The van der Waals surface area contributed by atoms with Crippen molar-refractivity contribution in [1.29, 1.82) is 0 Å². The molecule has 0 atom stereocenters. The molecule has 0 aromatic heterocycles.